The predicted octanol–water partition coefficient (Wildman–Crippen LogP) is 0.359. The van der Waals surface area contributed by atoms with Gasteiger partial charge in [-0.2, -0.15) is 0 Å². The minimum Gasteiger partial charge on any atom is -0.369 e. The van der Waals surface area contributed by atoms with Crippen molar-refractivity contribution in [1.82, 2.24) is 5.32 Å². The molecule has 1 heterocycles. The van der Waals surface area contributed by atoms with E-state index in [1.165, 1.54) is 32.4 Å². The molecule has 1 aliphatic carbocycles. The lowest BCUT2D eigenvalue weighted by Gasteiger charge is -2.08. The number of nitrogens with two attached hydrogens (primary N) is 2. The van der Waals surface area contributed by atoms with Crippen molar-refractivity contribution in [2.24, 2.45) is 17.4 Å². The predicted molar refractivity (Wildman–Crippen MR) is 61.2 cm³/mol. The molecule has 0 radical (unpaired) electrons. The smallest absolute Gasteiger partial charge is 0.220 e. The van der Waals surface area contributed by atoms with Crippen LogP contribution in [0, 0.1) is 5.92 Å². The molecule has 2 aliphatic rings. The Bertz CT molecular complexity index is 181. The van der Waals surface area contributed by atoms with Crippen LogP contribution < -0.4 is 16.8 Å². The van der Waals surface area contributed by atoms with E-state index in [2.05, 4.69) is 5.32 Å². The Balaban J connectivity index is 0.000000162. The first-order chi connectivity index (χ1) is 7.20. The van der Waals surface area contributed by atoms with E-state index in [-0.39, 0.29) is 17.9 Å². The number of rotatable bonds is 1. The first-order valence-corrected chi connectivity index (χ1v) is 5.95. The summed E-state index contributed by atoms with van der Waals surface area (Å²) in [5.74, 6) is -0.136. The van der Waals surface area contributed by atoms with E-state index in [0.717, 1.165) is 19.3 Å². The molecular weight excluding hydrogens is 190 g/mol. The Kier molecular flexibility index (Phi) is 5.65. The molecule has 4 heteroatoms. The van der Waals surface area contributed by atoms with Gasteiger partial charge in [-0.25, -0.2) is 0 Å². The van der Waals surface area contributed by atoms with Crippen LogP contribution in [0.15, 0.2) is 0 Å². The first kappa shape index (κ1) is 12.5. The van der Waals surface area contributed by atoms with Gasteiger partial charge in [-0.1, -0.05) is 6.42 Å². The summed E-state index contributed by atoms with van der Waals surface area (Å²) in [5, 5.41) is 3.28. The highest BCUT2D eigenvalue weighted by Crippen LogP contribution is 2.23. The van der Waals surface area contributed by atoms with Crippen molar-refractivity contribution in [2.45, 2.75) is 44.6 Å². The van der Waals surface area contributed by atoms with Crippen molar-refractivity contribution < 1.29 is 4.79 Å². The molecular formula is C11H23N3O. The van der Waals surface area contributed by atoms with Crippen LogP contribution in [-0.4, -0.2) is 25.0 Å². The second-order valence-electron chi connectivity index (χ2n) is 4.48. The normalized spacial score (nSPS) is 30.5. The molecule has 0 bridgehead atoms. The lowest BCUT2D eigenvalue weighted by Crippen LogP contribution is -2.23. The lowest BCUT2D eigenvalue weighted by molar-refractivity contribution is -0.121. The quantitative estimate of drug-likeness (QED) is 0.588. The van der Waals surface area contributed by atoms with E-state index in [9.17, 15) is 4.79 Å². The van der Waals surface area contributed by atoms with E-state index in [0.29, 0.717) is 0 Å². The van der Waals surface area contributed by atoms with Crippen molar-refractivity contribution in [3.05, 3.63) is 0 Å². The Morgan fingerprint density at radius 3 is 2.00 bits per heavy atom. The molecule has 0 aromatic heterocycles. The minimum absolute atomic E-state index is 0.0556. The molecule has 1 aliphatic heterocycles. The van der Waals surface area contributed by atoms with E-state index in [1.807, 2.05) is 0 Å². The standard InChI is InChI=1S/C6H12N2O.C5H11N/c7-5-2-1-4(3-5)6(8)9;1-2-4-6-5-3-1/h4-5H,1-3,7H2,(H2,8,9);6H,1-5H2. The number of hydrogen-bond donors (Lipinski definition) is 3. The van der Waals surface area contributed by atoms with Crippen molar-refractivity contribution >= 4 is 5.91 Å². The van der Waals surface area contributed by atoms with Gasteiger partial charge in [0.15, 0.2) is 0 Å². The van der Waals surface area contributed by atoms with Crippen molar-refractivity contribution in [3.63, 3.8) is 0 Å². The van der Waals surface area contributed by atoms with Gasteiger partial charge in [0.05, 0.1) is 0 Å². The van der Waals surface area contributed by atoms with Crippen LogP contribution in [0.25, 0.3) is 0 Å². The van der Waals surface area contributed by atoms with Gasteiger partial charge in [-0.3, -0.25) is 4.79 Å². The summed E-state index contributed by atoms with van der Waals surface area (Å²) < 4.78 is 0. The SMILES string of the molecule is C1CCNCC1.NC(=O)C1CCC(N)C1. The molecule has 1 saturated heterocycles. The highest BCUT2D eigenvalue weighted by atomic mass is 16.1. The number of nitrogens with one attached hydrogen (secondary N) is 1. The molecule has 0 spiro atoms. The molecule has 0 aromatic carbocycles. The van der Waals surface area contributed by atoms with Gasteiger partial charge in [0.25, 0.3) is 0 Å². The topological polar surface area (TPSA) is 81.1 Å². The van der Waals surface area contributed by atoms with E-state index >= 15 is 0 Å². The molecule has 2 atom stereocenters. The molecule has 2 unspecified atom stereocenters. The van der Waals surface area contributed by atoms with Crippen molar-refractivity contribution in [1.29, 1.82) is 0 Å². The zero-order valence-corrected chi connectivity index (χ0v) is 9.37. The summed E-state index contributed by atoms with van der Waals surface area (Å²) in [4.78, 5) is 10.5. The average Bonchev–Trinajstić information content (AvgIpc) is 2.69. The number of piperidine rings is 1. The van der Waals surface area contributed by atoms with Crippen LogP contribution >= 0.6 is 0 Å². The maximum Gasteiger partial charge on any atom is 0.220 e. The molecule has 4 nitrogen and oxygen atoms in total. The molecule has 2 fully saturated rings. The largest absolute Gasteiger partial charge is 0.369 e. The number of primary amides is 1. The number of hydrogen-bond acceptors (Lipinski definition) is 3. The van der Waals surface area contributed by atoms with Crippen LogP contribution in [-0.2, 0) is 4.79 Å². The van der Waals surface area contributed by atoms with Crippen LogP contribution in [0.2, 0.25) is 0 Å². The Morgan fingerprint density at radius 1 is 1.13 bits per heavy atom. The third-order valence-corrected chi connectivity index (χ3v) is 3.08. The Hall–Kier alpha value is -0.610. The molecule has 1 amide bonds. The maximum absolute atomic E-state index is 10.5. The number of carbonyl (C=O) groups excluding carboxylic acids is 1. The minimum atomic E-state index is -0.192. The van der Waals surface area contributed by atoms with Gasteiger partial charge in [-0.05, 0) is 45.2 Å². The molecule has 2 rings (SSSR count). The fourth-order valence-corrected chi connectivity index (χ4v) is 2.08. The first-order valence-electron chi connectivity index (χ1n) is 5.95. The highest BCUT2D eigenvalue weighted by molar-refractivity contribution is 5.76. The highest BCUT2D eigenvalue weighted by Gasteiger charge is 2.25. The van der Waals surface area contributed by atoms with E-state index in [1.54, 1.807) is 0 Å². The van der Waals surface area contributed by atoms with Gasteiger partial charge in [0.1, 0.15) is 0 Å². The summed E-state index contributed by atoms with van der Waals surface area (Å²) in [6, 6.07) is 0.211. The molecule has 15 heavy (non-hydrogen) atoms. The zero-order chi connectivity index (χ0) is 11.1. The number of amides is 1. The summed E-state index contributed by atoms with van der Waals surface area (Å²) in [5.41, 5.74) is 10.6. The zero-order valence-electron chi connectivity index (χ0n) is 9.37. The summed E-state index contributed by atoms with van der Waals surface area (Å²) in [6.07, 6.45) is 6.84. The van der Waals surface area contributed by atoms with Crippen LogP contribution in [0.4, 0.5) is 0 Å². The van der Waals surface area contributed by atoms with E-state index in [4.69, 9.17) is 11.5 Å². The summed E-state index contributed by atoms with van der Waals surface area (Å²) in [6.45, 7) is 2.50. The van der Waals surface area contributed by atoms with Crippen LogP contribution in [0.1, 0.15) is 38.5 Å². The third kappa shape index (κ3) is 5.14. The number of carbonyl (C=O) groups is 1. The average molecular weight is 213 g/mol. The second kappa shape index (κ2) is 6.80. The van der Waals surface area contributed by atoms with Gasteiger partial charge < -0.3 is 16.8 Å². The summed E-state index contributed by atoms with van der Waals surface area (Å²) >= 11 is 0. The fourth-order valence-electron chi connectivity index (χ4n) is 2.08. The Labute approximate surface area is 91.8 Å². The van der Waals surface area contributed by atoms with Gasteiger partial charge in [0.2, 0.25) is 5.91 Å². The summed E-state index contributed by atoms with van der Waals surface area (Å²) in [7, 11) is 0. The van der Waals surface area contributed by atoms with Crippen LogP contribution in [0.3, 0.4) is 0 Å². The van der Waals surface area contributed by atoms with Gasteiger partial charge >= 0.3 is 0 Å². The molecule has 5 N–H and O–H groups in total. The van der Waals surface area contributed by atoms with Gasteiger partial charge in [0, 0.05) is 12.0 Å². The molecule has 1 saturated carbocycles. The lowest BCUT2D eigenvalue weighted by atomic mass is 10.1. The fraction of sp³-hybridized carbons (Fsp3) is 0.909. The van der Waals surface area contributed by atoms with E-state index < -0.39 is 0 Å². The van der Waals surface area contributed by atoms with Gasteiger partial charge in [-0.15, -0.1) is 0 Å². The molecule has 0 aromatic rings. The Morgan fingerprint density at radius 2 is 1.80 bits per heavy atom. The van der Waals surface area contributed by atoms with Crippen molar-refractivity contribution in [3.8, 4) is 0 Å². The maximum atomic E-state index is 10.5. The van der Waals surface area contributed by atoms with Crippen molar-refractivity contribution in [2.75, 3.05) is 13.1 Å². The molecule has 88 valence electrons. The van der Waals surface area contributed by atoms with Crippen LogP contribution in [0.5, 0.6) is 0 Å². The third-order valence-electron chi connectivity index (χ3n) is 3.08. The monoisotopic (exact) mass is 213 g/mol. The second-order valence-corrected chi connectivity index (χ2v) is 4.48.